The second-order valence-electron chi connectivity index (χ2n) is 5.21. The average Bonchev–Trinajstić information content (AvgIpc) is 3.08. The standard InChI is InChI=1S/C14H16N6O2S/c1-11-4-3-5-12(6-11)8-20-10-15-14(17-20)18-23(21,22)13-7-16-19(2)9-13/h3-7,9-10H,8H2,1-2H3,(H,17,18). The molecule has 0 bridgehead atoms. The van der Waals surface area contributed by atoms with Gasteiger partial charge in [-0.2, -0.15) is 10.1 Å². The molecule has 23 heavy (non-hydrogen) atoms. The lowest BCUT2D eigenvalue weighted by Gasteiger charge is -2.03. The van der Waals surface area contributed by atoms with Crippen LogP contribution in [-0.4, -0.2) is 33.0 Å². The summed E-state index contributed by atoms with van der Waals surface area (Å²) in [4.78, 5) is 4.05. The Kier molecular flexibility index (Phi) is 3.87. The molecule has 0 aliphatic carbocycles. The van der Waals surface area contributed by atoms with Crippen molar-refractivity contribution in [1.29, 1.82) is 0 Å². The van der Waals surface area contributed by atoms with E-state index in [0.717, 1.165) is 11.1 Å². The lowest BCUT2D eigenvalue weighted by Crippen LogP contribution is -2.14. The Hall–Kier alpha value is -2.68. The topological polar surface area (TPSA) is 94.7 Å². The van der Waals surface area contributed by atoms with Gasteiger partial charge in [0.1, 0.15) is 11.2 Å². The van der Waals surface area contributed by atoms with Crippen molar-refractivity contribution in [3.8, 4) is 0 Å². The quantitative estimate of drug-likeness (QED) is 0.757. The van der Waals surface area contributed by atoms with Gasteiger partial charge in [-0.1, -0.05) is 29.8 Å². The summed E-state index contributed by atoms with van der Waals surface area (Å²) in [5.41, 5.74) is 2.22. The van der Waals surface area contributed by atoms with Crippen LogP contribution >= 0.6 is 0 Å². The number of rotatable bonds is 5. The van der Waals surface area contributed by atoms with Crippen LogP contribution in [0.5, 0.6) is 0 Å². The van der Waals surface area contributed by atoms with Crippen LogP contribution in [0.25, 0.3) is 0 Å². The van der Waals surface area contributed by atoms with Gasteiger partial charge >= 0.3 is 0 Å². The van der Waals surface area contributed by atoms with Gasteiger partial charge < -0.3 is 0 Å². The summed E-state index contributed by atoms with van der Waals surface area (Å²) in [6.45, 7) is 2.53. The number of hydrogen-bond donors (Lipinski definition) is 1. The van der Waals surface area contributed by atoms with E-state index in [2.05, 4.69) is 19.9 Å². The molecule has 9 heteroatoms. The maximum absolute atomic E-state index is 12.2. The molecule has 1 aromatic carbocycles. The SMILES string of the molecule is Cc1cccc(Cn2cnc(NS(=O)(=O)c3cnn(C)c3)n2)c1. The molecule has 1 N–H and O–H groups in total. The van der Waals surface area contributed by atoms with Gasteiger partial charge in [0.2, 0.25) is 0 Å². The van der Waals surface area contributed by atoms with Gasteiger partial charge in [0.25, 0.3) is 16.0 Å². The fraction of sp³-hybridized carbons (Fsp3) is 0.214. The summed E-state index contributed by atoms with van der Waals surface area (Å²) in [5, 5.41) is 7.99. The average molecular weight is 332 g/mol. The zero-order valence-corrected chi connectivity index (χ0v) is 13.5. The smallest absolute Gasteiger partial charge is 0.267 e. The first-order chi connectivity index (χ1) is 10.9. The van der Waals surface area contributed by atoms with Crippen molar-refractivity contribution in [2.45, 2.75) is 18.4 Å². The Morgan fingerprint density at radius 2 is 2.13 bits per heavy atom. The lowest BCUT2D eigenvalue weighted by atomic mass is 10.1. The van der Waals surface area contributed by atoms with Crippen molar-refractivity contribution in [2.75, 3.05) is 4.72 Å². The molecule has 2 heterocycles. The van der Waals surface area contributed by atoms with E-state index >= 15 is 0 Å². The molecule has 120 valence electrons. The van der Waals surface area contributed by atoms with Crippen LogP contribution in [-0.2, 0) is 23.6 Å². The number of aromatic nitrogens is 5. The molecule has 0 atom stereocenters. The van der Waals surface area contributed by atoms with E-state index in [4.69, 9.17) is 0 Å². The molecule has 0 spiro atoms. The number of nitrogens with zero attached hydrogens (tertiary/aromatic N) is 5. The molecule has 8 nitrogen and oxygen atoms in total. The first-order valence-corrected chi connectivity index (χ1v) is 8.37. The van der Waals surface area contributed by atoms with Gasteiger partial charge in [-0.05, 0) is 12.5 Å². The first kappa shape index (κ1) is 15.2. The Labute approximate surface area is 133 Å². The summed E-state index contributed by atoms with van der Waals surface area (Å²) >= 11 is 0. The molecule has 0 aliphatic heterocycles. The Bertz CT molecular complexity index is 928. The molecule has 0 amide bonds. The molecule has 0 saturated carbocycles. The Morgan fingerprint density at radius 1 is 1.30 bits per heavy atom. The van der Waals surface area contributed by atoms with Crippen molar-refractivity contribution < 1.29 is 8.42 Å². The van der Waals surface area contributed by atoms with E-state index in [0.29, 0.717) is 6.54 Å². The summed E-state index contributed by atoms with van der Waals surface area (Å²) in [6.07, 6.45) is 4.17. The minimum Gasteiger partial charge on any atom is -0.274 e. The van der Waals surface area contributed by atoms with Crippen molar-refractivity contribution >= 4 is 16.0 Å². The number of hydrogen-bond acceptors (Lipinski definition) is 5. The van der Waals surface area contributed by atoms with Gasteiger partial charge in [0, 0.05) is 13.2 Å². The zero-order valence-electron chi connectivity index (χ0n) is 12.7. The molecule has 0 saturated heterocycles. The van der Waals surface area contributed by atoms with Crippen LogP contribution in [0.2, 0.25) is 0 Å². The third-order valence-corrected chi connectivity index (χ3v) is 4.46. The number of nitrogens with one attached hydrogen (secondary N) is 1. The van der Waals surface area contributed by atoms with Crippen molar-refractivity contribution in [1.82, 2.24) is 24.5 Å². The molecule has 3 rings (SSSR count). The van der Waals surface area contributed by atoms with Crippen LogP contribution in [0, 0.1) is 6.92 Å². The Balaban J connectivity index is 1.74. The van der Waals surface area contributed by atoms with Gasteiger partial charge in [-0.15, -0.1) is 5.10 Å². The largest absolute Gasteiger partial charge is 0.274 e. The van der Waals surface area contributed by atoms with Crippen LogP contribution in [0.4, 0.5) is 5.95 Å². The number of sulfonamides is 1. The summed E-state index contributed by atoms with van der Waals surface area (Å²) in [6, 6.07) is 8.00. The van der Waals surface area contributed by atoms with Crippen LogP contribution < -0.4 is 4.72 Å². The van der Waals surface area contributed by atoms with Crippen LogP contribution in [0.15, 0.2) is 47.9 Å². The second-order valence-corrected chi connectivity index (χ2v) is 6.89. The molecule has 0 aliphatic rings. The van der Waals surface area contributed by atoms with Crippen LogP contribution in [0.1, 0.15) is 11.1 Å². The van der Waals surface area contributed by atoms with Gasteiger partial charge in [-0.25, -0.2) is 17.8 Å². The second kappa shape index (κ2) is 5.84. The normalized spacial score (nSPS) is 11.6. The molecular formula is C14H16N6O2S. The van der Waals surface area contributed by atoms with Gasteiger partial charge in [0.15, 0.2) is 0 Å². The highest BCUT2D eigenvalue weighted by Crippen LogP contribution is 2.12. The monoisotopic (exact) mass is 332 g/mol. The summed E-state index contributed by atoms with van der Waals surface area (Å²) in [5.74, 6) is 0.0292. The van der Waals surface area contributed by atoms with E-state index in [1.165, 1.54) is 23.4 Å². The molecule has 2 aromatic heterocycles. The van der Waals surface area contributed by atoms with Crippen molar-refractivity contribution in [2.24, 2.45) is 7.05 Å². The minimum absolute atomic E-state index is 0.0292. The molecule has 3 aromatic rings. The van der Waals surface area contributed by atoms with Gasteiger partial charge in [-0.3, -0.25) is 4.68 Å². The highest BCUT2D eigenvalue weighted by Gasteiger charge is 2.18. The van der Waals surface area contributed by atoms with E-state index in [1.54, 1.807) is 11.7 Å². The van der Waals surface area contributed by atoms with E-state index in [-0.39, 0.29) is 10.8 Å². The summed E-state index contributed by atoms with van der Waals surface area (Å²) < 4.78 is 29.7. The first-order valence-electron chi connectivity index (χ1n) is 6.89. The molecule has 0 radical (unpaired) electrons. The van der Waals surface area contributed by atoms with E-state index < -0.39 is 10.0 Å². The molecule has 0 fully saturated rings. The predicted molar refractivity (Wildman–Crippen MR) is 84.3 cm³/mol. The number of aryl methyl sites for hydroxylation is 2. The van der Waals surface area contributed by atoms with Gasteiger partial charge in [0.05, 0.1) is 12.7 Å². The fourth-order valence-corrected chi connectivity index (χ4v) is 3.06. The molecular weight excluding hydrogens is 316 g/mol. The molecule has 0 unspecified atom stereocenters. The van der Waals surface area contributed by atoms with E-state index in [9.17, 15) is 8.42 Å². The third-order valence-electron chi connectivity index (χ3n) is 3.18. The van der Waals surface area contributed by atoms with Crippen molar-refractivity contribution in [3.05, 3.63) is 54.1 Å². The fourth-order valence-electron chi connectivity index (χ4n) is 2.13. The van der Waals surface area contributed by atoms with Crippen molar-refractivity contribution in [3.63, 3.8) is 0 Å². The maximum Gasteiger partial charge on any atom is 0.267 e. The predicted octanol–water partition coefficient (Wildman–Crippen LogP) is 1.17. The number of benzene rings is 1. The van der Waals surface area contributed by atoms with E-state index in [1.807, 2.05) is 31.2 Å². The third kappa shape index (κ3) is 3.57. The Morgan fingerprint density at radius 3 is 2.83 bits per heavy atom. The zero-order chi connectivity index (χ0) is 16.4. The minimum atomic E-state index is -3.73. The lowest BCUT2D eigenvalue weighted by molar-refractivity contribution is 0.600. The van der Waals surface area contributed by atoms with Crippen LogP contribution in [0.3, 0.4) is 0 Å². The number of anilines is 1. The maximum atomic E-state index is 12.2. The highest BCUT2D eigenvalue weighted by atomic mass is 32.2. The highest BCUT2D eigenvalue weighted by molar-refractivity contribution is 7.92. The summed E-state index contributed by atoms with van der Waals surface area (Å²) in [7, 11) is -2.08.